The highest BCUT2D eigenvalue weighted by Crippen LogP contribution is 2.47. The number of rotatable bonds is 25. The van der Waals surface area contributed by atoms with Gasteiger partial charge < -0.3 is 19.7 Å². The fourth-order valence-electron chi connectivity index (χ4n) is 5.36. The fourth-order valence-corrected chi connectivity index (χ4v) is 6.53. The lowest BCUT2D eigenvalue weighted by Gasteiger charge is -2.25. The molecule has 0 aromatic heterocycles. The minimum atomic E-state index is -4.12. The summed E-state index contributed by atoms with van der Waals surface area (Å²) in [5, 5.41) is 3.27. The maximum absolute atomic E-state index is 12.2. The van der Waals surface area contributed by atoms with Gasteiger partial charge in [0.05, 0.1) is 32.0 Å². The Bertz CT molecular complexity index is 726. The highest BCUT2D eigenvalue weighted by Gasteiger charge is 2.47. The number of fused-ring (bicyclic) bond motifs is 2. The Morgan fingerprint density at radius 2 is 1.31 bits per heavy atom. The zero-order valence-electron chi connectivity index (χ0n) is 24.0. The van der Waals surface area contributed by atoms with Crippen molar-refractivity contribution in [2.75, 3.05) is 31.7 Å². The van der Waals surface area contributed by atoms with Crippen LogP contribution in [-0.2, 0) is 23.1 Å². The second-order valence-corrected chi connectivity index (χ2v) is 13.1. The third-order valence-corrected chi connectivity index (χ3v) is 8.97. The predicted octanol–water partition coefficient (Wildman–Crippen LogP) is 8.07. The number of phosphoric acid groups is 1. The molecule has 10 heteroatoms. The standard InChI is InChI=1S/C29H53BrNO7P/c1-2-3-4-5-6-7-8-9-10-11-12-13-14-15-16-17-21-31-29(32)35-23-25-26(28-19-18-27(25)38-28)24-37-39(33,34)36-22-20-30/h18-19,25-28H,2-17,20-24H2,1H3,(H,31,32)(H,33,34)/t25-,26-,27+,28-/m1/s1. The number of carbonyl (C=O) groups is 1. The van der Waals surface area contributed by atoms with E-state index in [1.165, 1.54) is 89.9 Å². The topological polar surface area (TPSA) is 103 Å². The molecule has 1 fully saturated rings. The Balaban J connectivity index is 1.42. The lowest BCUT2D eigenvalue weighted by Crippen LogP contribution is -2.34. The number of carbonyl (C=O) groups excluding carboxylic acids is 1. The van der Waals surface area contributed by atoms with Crippen LogP contribution in [0.15, 0.2) is 12.2 Å². The molecular formula is C29H53BrNO7P. The van der Waals surface area contributed by atoms with E-state index in [2.05, 4.69) is 28.2 Å². The normalized spacial score (nSPS) is 23.3. The molecule has 0 radical (unpaired) electrons. The first-order chi connectivity index (χ1) is 19.0. The lowest BCUT2D eigenvalue weighted by atomic mass is 9.84. The van der Waals surface area contributed by atoms with Crippen LogP contribution < -0.4 is 5.32 Å². The van der Waals surface area contributed by atoms with Gasteiger partial charge in [-0.1, -0.05) is 131 Å². The molecule has 0 saturated carbocycles. The van der Waals surface area contributed by atoms with Crippen molar-refractivity contribution in [1.82, 2.24) is 5.32 Å². The van der Waals surface area contributed by atoms with Crippen molar-refractivity contribution in [2.24, 2.45) is 11.8 Å². The van der Waals surface area contributed by atoms with Gasteiger partial charge >= 0.3 is 13.9 Å². The number of halogens is 1. The summed E-state index contributed by atoms with van der Waals surface area (Å²) in [7, 11) is -4.12. The van der Waals surface area contributed by atoms with Gasteiger partial charge in [-0.25, -0.2) is 9.36 Å². The molecule has 0 aromatic carbocycles. The number of unbranched alkanes of at least 4 members (excludes halogenated alkanes) is 15. The molecule has 2 aliphatic rings. The van der Waals surface area contributed by atoms with Crippen molar-refractivity contribution >= 4 is 29.8 Å². The molecule has 0 aliphatic carbocycles. The molecule has 1 saturated heterocycles. The first-order valence-electron chi connectivity index (χ1n) is 15.4. The van der Waals surface area contributed by atoms with E-state index in [-0.39, 0.29) is 43.9 Å². The zero-order chi connectivity index (χ0) is 28.2. The predicted molar refractivity (Wildman–Crippen MR) is 159 cm³/mol. The van der Waals surface area contributed by atoms with Crippen molar-refractivity contribution in [2.45, 2.75) is 122 Å². The SMILES string of the molecule is CCCCCCCCCCCCCCCCCCNC(=O)OC[C@@H]1[C@@H](COP(=O)(O)OCCBr)[C@H]2C=C[C@@H]1O2. The van der Waals surface area contributed by atoms with Gasteiger partial charge in [0.1, 0.15) is 0 Å². The molecule has 2 rings (SSSR count). The molecular weight excluding hydrogens is 585 g/mol. The van der Waals surface area contributed by atoms with Crippen LogP contribution in [-0.4, -0.2) is 54.9 Å². The summed E-state index contributed by atoms with van der Waals surface area (Å²) in [4.78, 5) is 22.0. The Kier molecular flexibility index (Phi) is 19.0. The van der Waals surface area contributed by atoms with E-state index in [4.69, 9.17) is 18.5 Å². The second kappa shape index (κ2) is 21.3. The summed E-state index contributed by atoms with van der Waals surface area (Å²) in [6.45, 7) is 3.12. The third kappa shape index (κ3) is 15.4. The average molecular weight is 639 g/mol. The van der Waals surface area contributed by atoms with Crippen molar-refractivity contribution in [3.8, 4) is 0 Å². The molecule has 1 unspecified atom stereocenters. The minimum absolute atomic E-state index is 0.00356. The van der Waals surface area contributed by atoms with Gasteiger partial charge in [0.2, 0.25) is 0 Å². The van der Waals surface area contributed by atoms with E-state index in [1.807, 2.05) is 12.2 Å². The lowest BCUT2D eigenvalue weighted by molar-refractivity contribution is 0.0828. The maximum atomic E-state index is 12.2. The third-order valence-electron chi connectivity index (χ3n) is 7.67. The van der Waals surface area contributed by atoms with Crippen molar-refractivity contribution in [1.29, 1.82) is 0 Å². The summed E-state index contributed by atoms with van der Waals surface area (Å²) in [6, 6.07) is 0. The number of hydrogen-bond donors (Lipinski definition) is 2. The summed E-state index contributed by atoms with van der Waals surface area (Å²) in [6.07, 6.45) is 24.2. The largest absolute Gasteiger partial charge is 0.472 e. The summed E-state index contributed by atoms with van der Waals surface area (Å²) >= 11 is 3.15. The first kappa shape index (κ1) is 34.8. The van der Waals surface area contributed by atoms with Gasteiger partial charge in [-0.15, -0.1) is 0 Å². The number of hydrogen-bond acceptors (Lipinski definition) is 6. The number of ether oxygens (including phenoxy) is 2. The van der Waals surface area contributed by atoms with E-state index < -0.39 is 13.9 Å². The van der Waals surface area contributed by atoms with Crippen LogP contribution in [0, 0.1) is 11.8 Å². The fraction of sp³-hybridized carbons (Fsp3) is 0.897. The van der Waals surface area contributed by atoms with Gasteiger partial charge in [-0.2, -0.15) is 0 Å². The second-order valence-electron chi connectivity index (χ2n) is 10.9. The zero-order valence-corrected chi connectivity index (χ0v) is 26.5. The highest BCUT2D eigenvalue weighted by atomic mass is 79.9. The van der Waals surface area contributed by atoms with Crippen molar-refractivity contribution < 1.29 is 32.8 Å². The van der Waals surface area contributed by atoms with Crippen LogP contribution in [0.4, 0.5) is 4.79 Å². The number of amides is 1. The molecule has 39 heavy (non-hydrogen) atoms. The van der Waals surface area contributed by atoms with Gasteiger partial charge in [0.25, 0.3) is 0 Å². The van der Waals surface area contributed by atoms with Crippen LogP contribution in [0.1, 0.15) is 110 Å². The van der Waals surface area contributed by atoms with E-state index in [0.29, 0.717) is 11.9 Å². The summed E-state index contributed by atoms with van der Waals surface area (Å²) in [5.74, 6) is -0.307. The highest BCUT2D eigenvalue weighted by molar-refractivity contribution is 9.09. The molecule has 0 spiro atoms. The van der Waals surface area contributed by atoms with Gasteiger partial charge in [0, 0.05) is 23.7 Å². The number of alkyl carbamates (subject to hydrolysis) is 1. The molecule has 0 aromatic rings. The first-order valence-corrected chi connectivity index (χ1v) is 18.0. The summed E-state index contributed by atoms with van der Waals surface area (Å²) in [5.41, 5.74) is 0. The molecule has 2 heterocycles. The Morgan fingerprint density at radius 1 is 0.821 bits per heavy atom. The Hall–Kier alpha value is -0.440. The molecule has 2 bridgehead atoms. The molecule has 2 aliphatic heterocycles. The van der Waals surface area contributed by atoms with E-state index in [9.17, 15) is 14.3 Å². The van der Waals surface area contributed by atoms with Crippen molar-refractivity contribution in [3.63, 3.8) is 0 Å². The minimum Gasteiger partial charge on any atom is -0.449 e. The average Bonchev–Trinajstić information content (AvgIpc) is 3.53. The van der Waals surface area contributed by atoms with Gasteiger partial charge in [-0.3, -0.25) is 9.05 Å². The van der Waals surface area contributed by atoms with Crippen LogP contribution in [0.2, 0.25) is 0 Å². The Labute approximate surface area is 245 Å². The quantitative estimate of drug-likeness (QED) is 0.0451. The monoisotopic (exact) mass is 637 g/mol. The van der Waals surface area contributed by atoms with Crippen LogP contribution in [0.25, 0.3) is 0 Å². The van der Waals surface area contributed by atoms with Crippen LogP contribution in [0.5, 0.6) is 0 Å². The summed E-state index contributed by atoms with van der Waals surface area (Å²) < 4.78 is 33.3. The Morgan fingerprint density at radius 3 is 1.82 bits per heavy atom. The van der Waals surface area contributed by atoms with E-state index in [0.717, 1.165) is 12.8 Å². The smallest absolute Gasteiger partial charge is 0.449 e. The van der Waals surface area contributed by atoms with Gasteiger partial charge in [0.15, 0.2) is 0 Å². The molecule has 5 atom stereocenters. The van der Waals surface area contributed by atoms with E-state index >= 15 is 0 Å². The van der Waals surface area contributed by atoms with Crippen molar-refractivity contribution in [3.05, 3.63) is 12.2 Å². The van der Waals surface area contributed by atoms with Crippen LogP contribution in [0.3, 0.4) is 0 Å². The molecule has 8 nitrogen and oxygen atoms in total. The molecule has 2 N–H and O–H groups in total. The number of alkyl halides is 1. The molecule has 228 valence electrons. The van der Waals surface area contributed by atoms with Crippen LogP contribution >= 0.6 is 23.8 Å². The molecule has 1 amide bonds. The maximum Gasteiger partial charge on any atom is 0.472 e. The number of nitrogens with one attached hydrogen (secondary N) is 1. The van der Waals surface area contributed by atoms with E-state index in [1.54, 1.807) is 0 Å². The number of phosphoric ester groups is 1. The van der Waals surface area contributed by atoms with Gasteiger partial charge in [-0.05, 0) is 6.42 Å².